The minimum absolute atomic E-state index is 0.0736. The Morgan fingerprint density at radius 2 is 1.70 bits per heavy atom. The second-order valence-corrected chi connectivity index (χ2v) is 11.3. The lowest BCUT2D eigenvalue weighted by Crippen LogP contribution is -2.56. The second-order valence-electron chi connectivity index (χ2n) is 9.37. The Morgan fingerprint density at radius 1 is 1.03 bits per heavy atom. The molecule has 1 amide bonds. The van der Waals surface area contributed by atoms with E-state index < -0.39 is 10.0 Å². The molecule has 1 saturated carbocycles. The van der Waals surface area contributed by atoms with Gasteiger partial charge in [0.1, 0.15) is 0 Å². The summed E-state index contributed by atoms with van der Waals surface area (Å²) in [7, 11) is -3.47. The van der Waals surface area contributed by atoms with Crippen LogP contribution in [0.15, 0.2) is 23.1 Å². The third-order valence-corrected chi connectivity index (χ3v) is 9.17. The Labute approximate surface area is 181 Å². The minimum atomic E-state index is -3.47. The fourth-order valence-corrected chi connectivity index (χ4v) is 6.55. The van der Waals surface area contributed by atoms with Gasteiger partial charge in [-0.2, -0.15) is 4.31 Å². The number of amides is 1. The van der Waals surface area contributed by atoms with Crippen LogP contribution in [0.2, 0.25) is 0 Å². The highest BCUT2D eigenvalue weighted by atomic mass is 32.2. The number of rotatable bonds is 5. The summed E-state index contributed by atoms with van der Waals surface area (Å²) in [6, 6.07) is 5.66. The van der Waals surface area contributed by atoms with Gasteiger partial charge in [0.05, 0.1) is 10.9 Å². The second kappa shape index (κ2) is 8.97. The maximum atomic E-state index is 13.1. The highest BCUT2D eigenvalue weighted by Gasteiger charge is 2.33. The molecule has 1 aliphatic heterocycles. The molecule has 7 heteroatoms. The molecule has 1 saturated heterocycles. The van der Waals surface area contributed by atoms with Crippen molar-refractivity contribution in [3.05, 3.63) is 29.3 Å². The predicted octanol–water partition coefficient (Wildman–Crippen LogP) is 2.57. The number of fused-ring (bicyclic) bond motifs is 1. The topological polar surface area (TPSA) is 69.7 Å². The van der Waals surface area contributed by atoms with Crippen molar-refractivity contribution in [2.45, 2.75) is 75.8 Å². The maximum absolute atomic E-state index is 13.1. The van der Waals surface area contributed by atoms with Crippen LogP contribution in [0.3, 0.4) is 0 Å². The number of carbonyl (C=O) groups is 1. The van der Waals surface area contributed by atoms with Gasteiger partial charge in [-0.25, -0.2) is 8.42 Å². The summed E-state index contributed by atoms with van der Waals surface area (Å²) in [5.41, 5.74) is 2.46. The van der Waals surface area contributed by atoms with E-state index in [9.17, 15) is 13.2 Å². The monoisotopic (exact) mass is 433 g/mol. The molecule has 1 atom stereocenters. The fraction of sp³-hybridized carbons (Fsp3) is 0.696. The van der Waals surface area contributed by atoms with E-state index in [1.54, 1.807) is 10.4 Å². The molecule has 0 aromatic heterocycles. The van der Waals surface area contributed by atoms with Crippen molar-refractivity contribution in [1.82, 2.24) is 14.5 Å². The normalized spacial score (nSPS) is 26.9. The molecular weight excluding hydrogens is 398 g/mol. The van der Waals surface area contributed by atoms with Crippen molar-refractivity contribution in [3.8, 4) is 0 Å². The van der Waals surface area contributed by atoms with Crippen molar-refractivity contribution >= 4 is 15.9 Å². The van der Waals surface area contributed by atoms with E-state index in [2.05, 4.69) is 17.1 Å². The molecule has 2 aliphatic carbocycles. The van der Waals surface area contributed by atoms with Crippen molar-refractivity contribution in [3.63, 3.8) is 0 Å². The number of carbonyl (C=O) groups excluding carboxylic acids is 1. The summed E-state index contributed by atoms with van der Waals surface area (Å²) in [4.78, 5) is 15.2. The standard InChI is InChI=1S/C23H35N3O3S/c1-17-6-9-21(10-7-17)24-23(27)18(2)25-12-14-26(15-13-25)30(28,29)22-11-8-19-4-3-5-20(19)16-22/h8,11,16-18,21H,3-7,9-10,12-15H2,1-2H3,(H,24,27). The van der Waals surface area contributed by atoms with E-state index in [0.29, 0.717) is 31.1 Å². The van der Waals surface area contributed by atoms with Crippen LogP contribution in [-0.2, 0) is 27.7 Å². The Bertz CT molecular complexity index is 870. The van der Waals surface area contributed by atoms with Gasteiger partial charge in [0.15, 0.2) is 0 Å². The van der Waals surface area contributed by atoms with Gasteiger partial charge < -0.3 is 5.32 Å². The summed E-state index contributed by atoms with van der Waals surface area (Å²) < 4.78 is 27.8. The Kier molecular flexibility index (Phi) is 6.51. The smallest absolute Gasteiger partial charge is 0.243 e. The molecule has 1 aromatic carbocycles. The Morgan fingerprint density at radius 3 is 2.40 bits per heavy atom. The lowest BCUT2D eigenvalue weighted by Gasteiger charge is -2.37. The molecule has 1 heterocycles. The molecule has 1 unspecified atom stereocenters. The van der Waals surface area contributed by atoms with Crippen LogP contribution in [0.1, 0.15) is 57.1 Å². The summed E-state index contributed by atoms with van der Waals surface area (Å²) >= 11 is 0. The molecule has 1 aromatic rings. The van der Waals surface area contributed by atoms with Gasteiger partial charge >= 0.3 is 0 Å². The summed E-state index contributed by atoms with van der Waals surface area (Å²) in [6.45, 7) is 6.24. The quantitative estimate of drug-likeness (QED) is 0.775. The first-order valence-electron chi connectivity index (χ1n) is 11.5. The first-order valence-corrected chi connectivity index (χ1v) is 12.9. The van der Waals surface area contributed by atoms with Crippen LogP contribution in [0.25, 0.3) is 0 Å². The molecule has 4 rings (SSSR count). The van der Waals surface area contributed by atoms with Gasteiger partial charge in [-0.05, 0) is 81.0 Å². The molecule has 1 N–H and O–H groups in total. The van der Waals surface area contributed by atoms with E-state index in [1.807, 2.05) is 19.1 Å². The van der Waals surface area contributed by atoms with Crippen molar-refractivity contribution in [1.29, 1.82) is 0 Å². The minimum Gasteiger partial charge on any atom is -0.352 e. The zero-order valence-electron chi connectivity index (χ0n) is 18.3. The first kappa shape index (κ1) is 21.8. The summed E-state index contributed by atoms with van der Waals surface area (Å²) in [6.07, 6.45) is 7.61. The first-order chi connectivity index (χ1) is 14.3. The van der Waals surface area contributed by atoms with Gasteiger partial charge in [-0.3, -0.25) is 9.69 Å². The zero-order valence-corrected chi connectivity index (χ0v) is 19.1. The molecule has 0 bridgehead atoms. The maximum Gasteiger partial charge on any atom is 0.243 e. The molecule has 6 nitrogen and oxygen atoms in total. The third kappa shape index (κ3) is 4.58. The lowest BCUT2D eigenvalue weighted by molar-refractivity contribution is -0.127. The highest BCUT2D eigenvalue weighted by molar-refractivity contribution is 7.89. The summed E-state index contributed by atoms with van der Waals surface area (Å²) in [5.74, 6) is 0.834. The van der Waals surface area contributed by atoms with Crippen LogP contribution in [0.5, 0.6) is 0 Å². The van der Waals surface area contributed by atoms with Crippen LogP contribution >= 0.6 is 0 Å². The largest absolute Gasteiger partial charge is 0.352 e. The molecule has 30 heavy (non-hydrogen) atoms. The van der Waals surface area contributed by atoms with Gasteiger partial charge in [0.25, 0.3) is 0 Å². The van der Waals surface area contributed by atoms with Crippen molar-refractivity contribution in [2.24, 2.45) is 5.92 Å². The lowest BCUT2D eigenvalue weighted by atomic mass is 9.87. The number of nitrogens with zero attached hydrogens (tertiary/aromatic N) is 2. The predicted molar refractivity (Wildman–Crippen MR) is 118 cm³/mol. The fourth-order valence-electron chi connectivity index (χ4n) is 5.08. The van der Waals surface area contributed by atoms with E-state index >= 15 is 0 Å². The van der Waals surface area contributed by atoms with Gasteiger partial charge in [-0.15, -0.1) is 0 Å². The highest BCUT2D eigenvalue weighted by Crippen LogP contribution is 2.27. The molecule has 166 valence electrons. The number of benzene rings is 1. The Hall–Kier alpha value is -1.44. The average Bonchev–Trinajstić information content (AvgIpc) is 3.23. The number of aryl methyl sites for hydroxylation is 2. The molecule has 0 spiro atoms. The number of hydrogen-bond acceptors (Lipinski definition) is 4. The summed E-state index contributed by atoms with van der Waals surface area (Å²) in [5, 5.41) is 3.22. The van der Waals surface area contributed by atoms with Gasteiger partial charge in [0, 0.05) is 32.2 Å². The zero-order chi connectivity index (χ0) is 21.3. The molecule has 0 radical (unpaired) electrons. The van der Waals surface area contributed by atoms with Crippen molar-refractivity contribution < 1.29 is 13.2 Å². The third-order valence-electron chi connectivity index (χ3n) is 7.27. The Balaban J connectivity index is 1.32. The van der Waals surface area contributed by atoms with E-state index in [4.69, 9.17) is 0 Å². The number of nitrogens with one attached hydrogen (secondary N) is 1. The van der Waals surface area contributed by atoms with E-state index in [1.165, 1.54) is 24.0 Å². The molecule has 2 fully saturated rings. The average molecular weight is 434 g/mol. The number of hydrogen-bond donors (Lipinski definition) is 1. The number of sulfonamides is 1. The van der Waals surface area contributed by atoms with Gasteiger partial charge in [0.2, 0.25) is 15.9 Å². The molecule has 3 aliphatic rings. The van der Waals surface area contributed by atoms with Crippen LogP contribution in [0, 0.1) is 5.92 Å². The van der Waals surface area contributed by atoms with E-state index in [-0.39, 0.29) is 18.0 Å². The van der Waals surface area contributed by atoms with Crippen LogP contribution in [-0.4, -0.2) is 61.8 Å². The number of piperazine rings is 1. The van der Waals surface area contributed by atoms with Crippen molar-refractivity contribution in [2.75, 3.05) is 26.2 Å². The van der Waals surface area contributed by atoms with Gasteiger partial charge in [-0.1, -0.05) is 13.0 Å². The van der Waals surface area contributed by atoms with Crippen LogP contribution < -0.4 is 5.32 Å². The van der Waals surface area contributed by atoms with Crippen LogP contribution in [0.4, 0.5) is 0 Å². The molecular formula is C23H35N3O3S. The SMILES string of the molecule is CC1CCC(NC(=O)C(C)N2CCN(S(=O)(=O)c3ccc4c(c3)CCC4)CC2)CC1. The van der Waals surface area contributed by atoms with E-state index in [0.717, 1.165) is 38.0 Å².